The van der Waals surface area contributed by atoms with Crippen LogP contribution in [0.4, 0.5) is 0 Å². The summed E-state index contributed by atoms with van der Waals surface area (Å²) < 4.78 is 15.8. The molecule has 0 fully saturated rings. The lowest BCUT2D eigenvalue weighted by molar-refractivity contribution is -0.702. The minimum atomic E-state index is 0.427. The first-order valence-corrected chi connectivity index (χ1v) is 5.75. The highest BCUT2D eigenvalue weighted by atomic mass is 16.5. The number of quaternary nitrogens is 1. The number of benzene rings is 1. The molecule has 0 aromatic heterocycles. The van der Waals surface area contributed by atoms with Crippen molar-refractivity contribution < 1.29 is 19.5 Å². The van der Waals surface area contributed by atoms with Gasteiger partial charge in [-0.1, -0.05) is 6.07 Å². The molecular weight excluding hydrogens is 218 g/mol. The molecule has 0 aliphatic heterocycles. The van der Waals surface area contributed by atoms with Gasteiger partial charge in [0, 0.05) is 7.11 Å². The second-order valence-corrected chi connectivity index (χ2v) is 4.03. The zero-order valence-electron chi connectivity index (χ0n) is 11.0. The van der Waals surface area contributed by atoms with Gasteiger partial charge in [0.1, 0.15) is 12.6 Å². The van der Waals surface area contributed by atoms with E-state index >= 15 is 0 Å². The molecule has 1 atom stereocenters. The second kappa shape index (κ2) is 7.14. The van der Waals surface area contributed by atoms with E-state index in [1.54, 1.807) is 21.3 Å². The van der Waals surface area contributed by atoms with Crippen LogP contribution >= 0.6 is 0 Å². The van der Waals surface area contributed by atoms with Crippen LogP contribution in [-0.2, 0) is 11.3 Å². The van der Waals surface area contributed by atoms with Gasteiger partial charge >= 0.3 is 0 Å². The normalized spacial score (nSPS) is 12.2. The van der Waals surface area contributed by atoms with Crippen molar-refractivity contribution in [3.8, 4) is 11.5 Å². The van der Waals surface area contributed by atoms with Crippen LogP contribution in [0, 0.1) is 0 Å². The molecule has 0 amide bonds. The summed E-state index contributed by atoms with van der Waals surface area (Å²) in [5, 5.41) is 2.22. The Balaban J connectivity index is 2.70. The van der Waals surface area contributed by atoms with Crippen molar-refractivity contribution in [3.63, 3.8) is 0 Å². The van der Waals surface area contributed by atoms with Crippen molar-refractivity contribution in [1.82, 2.24) is 0 Å². The molecule has 0 saturated heterocycles. The fourth-order valence-electron chi connectivity index (χ4n) is 1.77. The van der Waals surface area contributed by atoms with Gasteiger partial charge in [-0.05, 0) is 19.1 Å². The summed E-state index contributed by atoms with van der Waals surface area (Å²) in [6.45, 7) is 3.73. The fraction of sp³-hybridized carbons (Fsp3) is 0.538. The molecule has 0 aliphatic carbocycles. The highest BCUT2D eigenvalue weighted by Crippen LogP contribution is 2.29. The molecule has 96 valence electrons. The van der Waals surface area contributed by atoms with Crippen LogP contribution in [0.25, 0.3) is 0 Å². The van der Waals surface area contributed by atoms with Gasteiger partial charge < -0.3 is 19.5 Å². The van der Waals surface area contributed by atoms with Crippen LogP contribution in [-0.4, -0.2) is 34.0 Å². The largest absolute Gasteiger partial charge is 0.493 e. The molecule has 0 unspecified atom stereocenters. The number of para-hydroxylation sites is 1. The van der Waals surface area contributed by atoms with Crippen molar-refractivity contribution >= 4 is 0 Å². The predicted octanol–water partition coefficient (Wildman–Crippen LogP) is 0.802. The molecule has 0 spiro atoms. The topological polar surface area (TPSA) is 44.3 Å². The summed E-state index contributed by atoms with van der Waals surface area (Å²) in [6, 6.07) is 6.36. The molecule has 0 radical (unpaired) electrons. The Morgan fingerprint density at radius 2 is 1.94 bits per heavy atom. The Bertz CT molecular complexity index is 341. The van der Waals surface area contributed by atoms with Gasteiger partial charge in [0.05, 0.1) is 26.4 Å². The molecule has 1 aromatic carbocycles. The third kappa shape index (κ3) is 3.91. The van der Waals surface area contributed by atoms with E-state index in [-0.39, 0.29) is 0 Å². The predicted molar refractivity (Wildman–Crippen MR) is 66.5 cm³/mol. The van der Waals surface area contributed by atoms with E-state index in [9.17, 15) is 0 Å². The molecule has 1 rings (SSSR count). The van der Waals surface area contributed by atoms with Crippen LogP contribution in [0.15, 0.2) is 18.2 Å². The number of hydrogen-bond acceptors (Lipinski definition) is 3. The highest BCUT2D eigenvalue weighted by Gasteiger charge is 2.12. The van der Waals surface area contributed by atoms with Crippen molar-refractivity contribution in [2.75, 3.05) is 27.9 Å². The molecule has 0 aliphatic rings. The third-order valence-electron chi connectivity index (χ3n) is 2.65. The maximum Gasteiger partial charge on any atom is 0.169 e. The summed E-state index contributed by atoms with van der Waals surface area (Å²) in [4.78, 5) is 0. The smallest absolute Gasteiger partial charge is 0.169 e. The lowest BCUT2D eigenvalue weighted by atomic mass is 10.1. The average molecular weight is 240 g/mol. The second-order valence-electron chi connectivity index (χ2n) is 4.03. The molecule has 2 N–H and O–H groups in total. The highest BCUT2D eigenvalue weighted by molar-refractivity contribution is 5.46. The first kappa shape index (κ1) is 13.8. The summed E-state index contributed by atoms with van der Waals surface area (Å²) in [5.74, 6) is 1.59. The van der Waals surface area contributed by atoms with Crippen molar-refractivity contribution in [3.05, 3.63) is 23.8 Å². The van der Waals surface area contributed by atoms with Gasteiger partial charge in [-0.25, -0.2) is 0 Å². The van der Waals surface area contributed by atoms with Gasteiger partial charge in [-0.2, -0.15) is 0 Å². The lowest BCUT2D eigenvalue weighted by Crippen LogP contribution is -2.88. The molecule has 0 bridgehead atoms. The van der Waals surface area contributed by atoms with Crippen LogP contribution in [0.2, 0.25) is 0 Å². The molecular formula is C13H22NO3+. The number of ether oxygens (including phenoxy) is 3. The standard InChI is InChI=1S/C13H21NO3/c1-10(9-15-2)14-8-11-6-5-7-12(16-3)13(11)17-4/h5-7,10,14H,8-9H2,1-4H3/p+1/t10-/m0/s1. The monoisotopic (exact) mass is 240 g/mol. The van der Waals surface area contributed by atoms with Gasteiger partial charge in [0.2, 0.25) is 0 Å². The molecule has 1 aromatic rings. The molecule has 4 heteroatoms. The van der Waals surface area contributed by atoms with Crippen LogP contribution in [0.3, 0.4) is 0 Å². The summed E-state index contributed by atoms with van der Waals surface area (Å²) in [5.41, 5.74) is 1.13. The number of methoxy groups -OCH3 is 3. The number of hydrogen-bond donors (Lipinski definition) is 1. The van der Waals surface area contributed by atoms with Crippen LogP contribution in [0.5, 0.6) is 11.5 Å². The Labute approximate surface area is 103 Å². The van der Waals surface area contributed by atoms with E-state index < -0.39 is 0 Å². The Morgan fingerprint density at radius 3 is 2.53 bits per heavy atom. The maximum atomic E-state index is 5.38. The molecule has 0 saturated carbocycles. The van der Waals surface area contributed by atoms with Crippen molar-refractivity contribution in [2.24, 2.45) is 0 Å². The van der Waals surface area contributed by atoms with Gasteiger partial charge in [-0.15, -0.1) is 0 Å². The van der Waals surface area contributed by atoms with Crippen molar-refractivity contribution in [2.45, 2.75) is 19.5 Å². The zero-order chi connectivity index (χ0) is 12.7. The number of rotatable bonds is 7. The Morgan fingerprint density at radius 1 is 1.18 bits per heavy atom. The van der Waals surface area contributed by atoms with E-state index in [4.69, 9.17) is 14.2 Å². The quantitative estimate of drug-likeness (QED) is 0.767. The van der Waals surface area contributed by atoms with E-state index in [1.807, 2.05) is 12.1 Å². The SMILES string of the molecule is COC[C@H](C)[NH2+]Cc1cccc(OC)c1OC. The van der Waals surface area contributed by atoms with Crippen molar-refractivity contribution in [1.29, 1.82) is 0 Å². The minimum absolute atomic E-state index is 0.427. The summed E-state index contributed by atoms with van der Waals surface area (Å²) in [7, 11) is 5.04. The first-order valence-electron chi connectivity index (χ1n) is 5.75. The summed E-state index contributed by atoms with van der Waals surface area (Å²) >= 11 is 0. The van der Waals surface area contributed by atoms with Gasteiger partial charge in [-0.3, -0.25) is 0 Å². The Hall–Kier alpha value is -1.26. The molecule has 17 heavy (non-hydrogen) atoms. The van der Waals surface area contributed by atoms with Crippen LogP contribution in [0.1, 0.15) is 12.5 Å². The average Bonchev–Trinajstić information content (AvgIpc) is 2.36. The van der Waals surface area contributed by atoms with Crippen LogP contribution < -0.4 is 14.8 Å². The molecule has 4 nitrogen and oxygen atoms in total. The lowest BCUT2D eigenvalue weighted by Gasteiger charge is -2.14. The van der Waals surface area contributed by atoms with E-state index in [2.05, 4.69) is 18.3 Å². The van der Waals surface area contributed by atoms with Gasteiger partial charge in [0.15, 0.2) is 11.5 Å². The fourth-order valence-corrected chi connectivity index (χ4v) is 1.77. The number of nitrogens with two attached hydrogens (primary N) is 1. The zero-order valence-corrected chi connectivity index (χ0v) is 11.0. The van der Waals surface area contributed by atoms with E-state index in [1.165, 1.54) is 0 Å². The first-order chi connectivity index (χ1) is 8.22. The maximum absolute atomic E-state index is 5.38. The summed E-state index contributed by atoms with van der Waals surface area (Å²) in [6.07, 6.45) is 0. The third-order valence-corrected chi connectivity index (χ3v) is 2.65. The molecule has 0 heterocycles. The van der Waals surface area contributed by atoms with E-state index in [0.29, 0.717) is 6.04 Å². The minimum Gasteiger partial charge on any atom is -0.493 e. The Kier molecular flexibility index (Phi) is 5.80. The van der Waals surface area contributed by atoms with E-state index in [0.717, 1.165) is 30.2 Å². The van der Waals surface area contributed by atoms with Gasteiger partial charge in [0.25, 0.3) is 0 Å².